The topological polar surface area (TPSA) is 103 Å². The monoisotopic (exact) mass is 377 g/mol. The van der Waals surface area contributed by atoms with Crippen molar-refractivity contribution in [1.82, 2.24) is 0 Å². The summed E-state index contributed by atoms with van der Waals surface area (Å²) in [6.45, 7) is 3.71. The first-order valence-electron chi connectivity index (χ1n) is 7.13. The Kier molecular flexibility index (Phi) is 3.60. The third-order valence-corrected chi connectivity index (χ3v) is 7.19. The minimum absolute atomic E-state index is 0.0959. The normalized spacial score (nSPS) is 24.4. The van der Waals surface area contributed by atoms with Crippen LogP contribution < -0.4 is 13.2 Å². The molecule has 8 nitrogen and oxygen atoms in total. The summed E-state index contributed by atoms with van der Waals surface area (Å²) >= 11 is 0. The summed E-state index contributed by atoms with van der Waals surface area (Å²) in [6, 6.07) is 2.93. The van der Waals surface area contributed by atoms with Crippen LogP contribution in [0.4, 0.5) is 5.69 Å². The SMILES string of the molecule is COc1cc2c(cc1N(S(C)(=O)=O)S(C)(=O)=O)OC(C)(C)[C@H]1O[C@@H]21. The number of anilines is 1. The van der Waals surface area contributed by atoms with E-state index < -0.39 is 25.6 Å². The predicted octanol–water partition coefficient (Wildman–Crippen LogP) is 1.03. The van der Waals surface area contributed by atoms with Gasteiger partial charge in [0.2, 0.25) is 20.0 Å². The molecule has 0 N–H and O–H groups in total. The van der Waals surface area contributed by atoms with Crippen LogP contribution in [0.1, 0.15) is 25.5 Å². The fraction of sp³-hybridized carbons (Fsp3) is 0.571. The van der Waals surface area contributed by atoms with Gasteiger partial charge in [0.25, 0.3) is 0 Å². The zero-order valence-electron chi connectivity index (χ0n) is 13.9. The van der Waals surface area contributed by atoms with E-state index in [1.165, 1.54) is 13.2 Å². The highest BCUT2D eigenvalue weighted by Gasteiger charge is 2.57. The van der Waals surface area contributed by atoms with E-state index in [1.807, 2.05) is 13.8 Å². The maximum atomic E-state index is 12.0. The number of methoxy groups -OCH3 is 1. The van der Waals surface area contributed by atoms with E-state index in [0.29, 0.717) is 15.0 Å². The second-order valence-corrected chi connectivity index (χ2v) is 10.4. The molecule has 0 bridgehead atoms. The maximum absolute atomic E-state index is 12.0. The van der Waals surface area contributed by atoms with Gasteiger partial charge in [-0.25, -0.2) is 16.8 Å². The number of rotatable bonds is 4. The third-order valence-electron chi connectivity index (χ3n) is 3.97. The summed E-state index contributed by atoms with van der Waals surface area (Å²) in [7, 11) is -6.84. The second-order valence-electron chi connectivity index (χ2n) is 6.47. The number of sulfonamides is 2. The lowest BCUT2D eigenvalue weighted by Gasteiger charge is -2.31. The molecule has 2 aliphatic heterocycles. The Morgan fingerprint density at radius 2 is 1.71 bits per heavy atom. The van der Waals surface area contributed by atoms with Gasteiger partial charge in [0.05, 0.1) is 19.6 Å². The van der Waals surface area contributed by atoms with E-state index in [2.05, 4.69) is 0 Å². The predicted molar refractivity (Wildman–Crippen MR) is 87.5 cm³/mol. The first-order chi connectivity index (χ1) is 10.9. The van der Waals surface area contributed by atoms with Crippen LogP contribution in [0.3, 0.4) is 0 Å². The van der Waals surface area contributed by atoms with Gasteiger partial charge in [-0.3, -0.25) is 0 Å². The van der Waals surface area contributed by atoms with Gasteiger partial charge in [0.1, 0.15) is 35.0 Å². The molecule has 2 heterocycles. The molecular weight excluding hydrogens is 358 g/mol. The zero-order chi connectivity index (χ0) is 18.1. The van der Waals surface area contributed by atoms with Crippen molar-refractivity contribution in [3.8, 4) is 11.5 Å². The molecule has 1 aromatic carbocycles. The Labute approximate surface area is 141 Å². The number of hydrogen-bond acceptors (Lipinski definition) is 7. The number of epoxide rings is 1. The molecule has 0 amide bonds. The Hall–Kier alpha value is -1.52. The fourth-order valence-electron chi connectivity index (χ4n) is 3.00. The van der Waals surface area contributed by atoms with Crippen molar-refractivity contribution in [2.24, 2.45) is 0 Å². The quantitative estimate of drug-likeness (QED) is 0.722. The van der Waals surface area contributed by atoms with Gasteiger partial charge < -0.3 is 14.2 Å². The van der Waals surface area contributed by atoms with Crippen molar-refractivity contribution in [1.29, 1.82) is 0 Å². The summed E-state index contributed by atoms with van der Waals surface area (Å²) in [5.74, 6) is 0.494. The van der Waals surface area contributed by atoms with E-state index in [9.17, 15) is 16.8 Å². The van der Waals surface area contributed by atoms with E-state index in [0.717, 1.165) is 12.5 Å². The van der Waals surface area contributed by atoms with Crippen LogP contribution in [0.2, 0.25) is 0 Å². The Morgan fingerprint density at radius 1 is 1.12 bits per heavy atom. The number of benzene rings is 1. The van der Waals surface area contributed by atoms with Gasteiger partial charge in [-0.1, -0.05) is 0 Å². The van der Waals surface area contributed by atoms with Crippen LogP contribution >= 0.6 is 0 Å². The van der Waals surface area contributed by atoms with Crippen molar-refractivity contribution in [3.05, 3.63) is 17.7 Å². The van der Waals surface area contributed by atoms with Gasteiger partial charge in [0.15, 0.2) is 0 Å². The molecule has 3 rings (SSSR count). The molecule has 2 atom stereocenters. The highest BCUT2D eigenvalue weighted by molar-refractivity contribution is 8.09. The zero-order valence-corrected chi connectivity index (χ0v) is 15.6. The first kappa shape index (κ1) is 17.3. The average Bonchev–Trinajstić information content (AvgIpc) is 3.15. The van der Waals surface area contributed by atoms with Crippen molar-refractivity contribution >= 4 is 25.7 Å². The standard InChI is InChI=1S/C14H19NO7S2/c1-14(2)13-12(21-13)8-6-11(20-3)9(7-10(8)22-14)15(23(4,16)17)24(5,18)19/h6-7,12-13H,1-5H3/t12-,13-/m0/s1. The molecule has 24 heavy (non-hydrogen) atoms. The Balaban J connectivity index is 2.23. The summed E-state index contributed by atoms with van der Waals surface area (Å²) in [5.41, 5.74) is 0.00267. The molecule has 1 aromatic rings. The maximum Gasteiger partial charge on any atom is 0.245 e. The molecule has 10 heteroatoms. The first-order valence-corrected chi connectivity index (χ1v) is 10.8. The summed E-state index contributed by atoms with van der Waals surface area (Å²) < 4.78 is 65.2. The average molecular weight is 377 g/mol. The Morgan fingerprint density at radius 3 is 2.21 bits per heavy atom. The molecular formula is C14H19NO7S2. The van der Waals surface area contributed by atoms with Crippen molar-refractivity contribution in [2.45, 2.75) is 31.7 Å². The number of fused-ring (bicyclic) bond motifs is 3. The van der Waals surface area contributed by atoms with Crippen LogP contribution in [0.25, 0.3) is 0 Å². The second kappa shape index (κ2) is 4.99. The molecule has 0 radical (unpaired) electrons. The molecule has 1 fully saturated rings. The number of ether oxygens (including phenoxy) is 3. The minimum atomic E-state index is -4.09. The van der Waals surface area contributed by atoms with Crippen molar-refractivity contribution in [3.63, 3.8) is 0 Å². The largest absolute Gasteiger partial charge is 0.494 e. The van der Waals surface area contributed by atoms with Gasteiger partial charge in [0, 0.05) is 11.6 Å². The smallest absolute Gasteiger partial charge is 0.245 e. The van der Waals surface area contributed by atoms with E-state index in [-0.39, 0.29) is 23.6 Å². The molecule has 0 saturated carbocycles. The summed E-state index contributed by atoms with van der Waals surface area (Å²) in [5, 5.41) is 0. The third kappa shape index (κ3) is 2.72. The van der Waals surface area contributed by atoms with Gasteiger partial charge in [-0.05, 0) is 19.9 Å². The summed E-state index contributed by atoms with van der Waals surface area (Å²) in [4.78, 5) is 0. The Bertz CT molecular complexity index is 873. The molecule has 2 aliphatic rings. The van der Waals surface area contributed by atoms with Crippen LogP contribution in [-0.4, -0.2) is 48.2 Å². The highest BCUT2D eigenvalue weighted by atomic mass is 32.3. The summed E-state index contributed by atoms with van der Waals surface area (Å²) in [6.07, 6.45) is 1.37. The van der Waals surface area contributed by atoms with Crippen LogP contribution in [0.15, 0.2) is 12.1 Å². The minimum Gasteiger partial charge on any atom is -0.494 e. The van der Waals surface area contributed by atoms with Crippen molar-refractivity contribution < 1.29 is 31.0 Å². The lowest BCUT2D eigenvalue weighted by Crippen LogP contribution is -2.38. The fourth-order valence-corrected chi connectivity index (χ4v) is 5.97. The lowest BCUT2D eigenvalue weighted by molar-refractivity contribution is 0.0725. The van der Waals surface area contributed by atoms with Gasteiger partial charge in [-0.15, -0.1) is 0 Å². The molecule has 0 aromatic heterocycles. The van der Waals surface area contributed by atoms with Crippen molar-refractivity contribution in [2.75, 3.05) is 23.3 Å². The van der Waals surface area contributed by atoms with E-state index in [1.54, 1.807) is 6.07 Å². The van der Waals surface area contributed by atoms with Crippen LogP contribution in [0, 0.1) is 0 Å². The molecule has 1 saturated heterocycles. The highest BCUT2D eigenvalue weighted by Crippen LogP contribution is 2.56. The van der Waals surface area contributed by atoms with Crippen LogP contribution in [-0.2, 0) is 24.8 Å². The van der Waals surface area contributed by atoms with E-state index >= 15 is 0 Å². The van der Waals surface area contributed by atoms with Crippen LogP contribution in [0.5, 0.6) is 11.5 Å². The molecule has 0 unspecified atom stereocenters. The van der Waals surface area contributed by atoms with Gasteiger partial charge in [-0.2, -0.15) is 3.71 Å². The molecule has 134 valence electrons. The lowest BCUT2D eigenvalue weighted by atomic mass is 9.94. The number of nitrogens with zero attached hydrogens (tertiary/aromatic N) is 1. The number of hydrogen-bond donors (Lipinski definition) is 0. The van der Waals surface area contributed by atoms with E-state index in [4.69, 9.17) is 14.2 Å². The van der Waals surface area contributed by atoms with Gasteiger partial charge >= 0.3 is 0 Å². The molecule has 0 aliphatic carbocycles. The molecule has 0 spiro atoms.